The second-order valence-electron chi connectivity index (χ2n) is 6.04. The maximum Gasteiger partial charge on any atom is 0.255 e. The molecule has 0 aliphatic heterocycles. The van der Waals surface area contributed by atoms with Crippen molar-refractivity contribution in [2.45, 2.75) is 20.1 Å². The zero-order chi connectivity index (χ0) is 18.4. The summed E-state index contributed by atoms with van der Waals surface area (Å²) in [5, 5.41) is 2.84. The Kier molecular flexibility index (Phi) is 5.49. The number of aromatic nitrogens is 1. The van der Waals surface area contributed by atoms with Gasteiger partial charge in [-0.25, -0.2) is 4.98 Å². The van der Waals surface area contributed by atoms with Crippen LogP contribution < -0.4 is 15.8 Å². The number of hydrogen-bond donors (Lipinski definition) is 2. The lowest BCUT2D eigenvalue weighted by molar-refractivity contribution is 0.0951. The minimum Gasteiger partial charge on any atom is -0.489 e. The third kappa shape index (κ3) is 4.60. The molecular weight excluding hydrogens is 326 g/mol. The van der Waals surface area contributed by atoms with Crippen molar-refractivity contribution in [1.82, 2.24) is 10.3 Å². The van der Waals surface area contributed by atoms with Gasteiger partial charge in [-0.1, -0.05) is 42.0 Å². The molecule has 132 valence electrons. The SMILES string of the molecule is Cc1ccc(COc2ccc(CNC(=O)c3cccnc3N)cc2)cc1. The van der Waals surface area contributed by atoms with Gasteiger partial charge in [0.1, 0.15) is 18.2 Å². The lowest BCUT2D eigenvalue weighted by Gasteiger charge is -2.09. The Balaban J connectivity index is 1.52. The predicted molar refractivity (Wildman–Crippen MR) is 102 cm³/mol. The third-order valence-electron chi connectivity index (χ3n) is 3.99. The molecule has 0 fully saturated rings. The van der Waals surface area contributed by atoms with Gasteiger partial charge in [0.05, 0.1) is 5.56 Å². The highest BCUT2D eigenvalue weighted by atomic mass is 16.5. The molecule has 0 spiro atoms. The first-order chi connectivity index (χ1) is 12.6. The van der Waals surface area contributed by atoms with Crippen LogP contribution in [-0.4, -0.2) is 10.9 Å². The Labute approximate surface area is 152 Å². The number of pyridine rings is 1. The molecule has 3 rings (SSSR count). The fourth-order valence-electron chi connectivity index (χ4n) is 2.44. The highest BCUT2D eigenvalue weighted by molar-refractivity contribution is 5.98. The van der Waals surface area contributed by atoms with Crippen LogP contribution in [0.3, 0.4) is 0 Å². The summed E-state index contributed by atoms with van der Waals surface area (Å²) in [6.07, 6.45) is 1.56. The number of benzene rings is 2. The zero-order valence-corrected chi connectivity index (χ0v) is 14.6. The van der Waals surface area contributed by atoms with Gasteiger partial charge < -0.3 is 15.8 Å². The first-order valence-electron chi connectivity index (χ1n) is 8.38. The minimum atomic E-state index is -0.240. The summed E-state index contributed by atoms with van der Waals surface area (Å²) in [5.74, 6) is 0.775. The minimum absolute atomic E-state index is 0.227. The number of hydrogen-bond acceptors (Lipinski definition) is 4. The van der Waals surface area contributed by atoms with Gasteiger partial charge in [-0.2, -0.15) is 0 Å². The lowest BCUT2D eigenvalue weighted by atomic mass is 10.1. The van der Waals surface area contributed by atoms with Crippen LogP contribution >= 0.6 is 0 Å². The van der Waals surface area contributed by atoms with Crippen LogP contribution in [0.1, 0.15) is 27.0 Å². The van der Waals surface area contributed by atoms with Crippen molar-refractivity contribution >= 4 is 11.7 Å². The van der Waals surface area contributed by atoms with Gasteiger partial charge in [0.15, 0.2) is 0 Å². The Hall–Kier alpha value is -3.34. The van der Waals surface area contributed by atoms with Crippen LogP contribution in [-0.2, 0) is 13.2 Å². The number of nitrogen functional groups attached to an aromatic ring is 1. The number of anilines is 1. The van der Waals surface area contributed by atoms with E-state index >= 15 is 0 Å². The van der Waals surface area contributed by atoms with Crippen LogP contribution in [0, 0.1) is 6.92 Å². The maximum atomic E-state index is 12.1. The van der Waals surface area contributed by atoms with Crippen molar-refractivity contribution in [3.8, 4) is 5.75 Å². The Morgan fingerprint density at radius 3 is 2.42 bits per heavy atom. The molecule has 0 atom stereocenters. The number of nitrogens with one attached hydrogen (secondary N) is 1. The average Bonchev–Trinajstić information content (AvgIpc) is 2.67. The van der Waals surface area contributed by atoms with Gasteiger partial charge in [-0.3, -0.25) is 4.79 Å². The highest BCUT2D eigenvalue weighted by Gasteiger charge is 2.09. The maximum absolute atomic E-state index is 12.1. The van der Waals surface area contributed by atoms with E-state index < -0.39 is 0 Å². The van der Waals surface area contributed by atoms with Crippen LogP contribution in [0.25, 0.3) is 0 Å². The number of ether oxygens (including phenoxy) is 1. The molecule has 5 heteroatoms. The van der Waals surface area contributed by atoms with Gasteiger partial charge >= 0.3 is 0 Å². The Morgan fingerprint density at radius 2 is 1.73 bits per heavy atom. The number of nitrogens with two attached hydrogens (primary N) is 1. The van der Waals surface area contributed by atoms with E-state index in [4.69, 9.17) is 10.5 Å². The summed E-state index contributed by atoms with van der Waals surface area (Å²) in [5.41, 5.74) is 9.42. The summed E-state index contributed by atoms with van der Waals surface area (Å²) < 4.78 is 5.79. The molecule has 0 bridgehead atoms. The summed E-state index contributed by atoms with van der Waals surface area (Å²) in [7, 11) is 0. The van der Waals surface area contributed by atoms with E-state index in [0.717, 1.165) is 16.9 Å². The van der Waals surface area contributed by atoms with Gasteiger partial charge in [0.25, 0.3) is 5.91 Å². The number of carbonyl (C=O) groups is 1. The monoisotopic (exact) mass is 347 g/mol. The molecular formula is C21H21N3O2. The predicted octanol–water partition coefficient (Wildman–Crippen LogP) is 3.48. The van der Waals surface area contributed by atoms with Crippen LogP contribution in [0.4, 0.5) is 5.82 Å². The fraction of sp³-hybridized carbons (Fsp3) is 0.143. The van der Waals surface area contributed by atoms with Crippen molar-refractivity contribution < 1.29 is 9.53 Å². The van der Waals surface area contributed by atoms with E-state index in [-0.39, 0.29) is 11.7 Å². The van der Waals surface area contributed by atoms with Crippen molar-refractivity contribution in [2.24, 2.45) is 0 Å². The van der Waals surface area contributed by atoms with Crippen molar-refractivity contribution in [1.29, 1.82) is 0 Å². The van der Waals surface area contributed by atoms with E-state index in [1.54, 1.807) is 18.3 Å². The molecule has 2 aromatic carbocycles. The van der Waals surface area contributed by atoms with Crippen molar-refractivity contribution in [3.63, 3.8) is 0 Å². The van der Waals surface area contributed by atoms with Crippen LogP contribution in [0.2, 0.25) is 0 Å². The third-order valence-corrected chi connectivity index (χ3v) is 3.99. The molecule has 1 aromatic heterocycles. The molecule has 0 aliphatic carbocycles. The average molecular weight is 347 g/mol. The molecule has 0 saturated heterocycles. The quantitative estimate of drug-likeness (QED) is 0.716. The first kappa shape index (κ1) is 17.5. The highest BCUT2D eigenvalue weighted by Crippen LogP contribution is 2.15. The van der Waals surface area contributed by atoms with Gasteiger partial charge in [-0.15, -0.1) is 0 Å². The zero-order valence-electron chi connectivity index (χ0n) is 14.6. The summed E-state index contributed by atoms with van der Waals surface area (Å²) >= 11 is 0. The van der Waals surface area contributed by atoms with Crippen LogP contribution in [0.5, 0.6) is 5.75 Å². The molecule has 0 unspecified atom stereocenters. The molecule has 0 aliphatic rings. The standard InChI is InChI=1S/C21H21N3O2/c1-15-4-6-17(7-5-15)14-26-18-10-8-16(9-11-18)13-24-21(25)19-3-2-12-23-20(19)22/h2-12H,13-14H2,1H3,(H2,22,23)(H,24,25). The largest absolute Gasteiger partial charge is 0.489 e. The van der Waals surface area contributed by atoms with Crippen LogP contribution in [0.15, 0.2) is 66.9 Å². The second-order valence-corrected chi connectivity index (χ2v) is 6.04. The van der Waals surface area contributed by atoms with Gasteiger partial charge in [0.2, 0.25) is 0 Å². The smallest absolute Gasteiger partial charge is 0.255 e. The van der Waals surface area contributed by atoms with Crippen molar-refractivity contribution in [3.05, 3.63) is 89.1 Å². The molecule has 1 amide bonds. The Bertz CT molecular complexity index is 875. The molecule has 5 nitrogen and oxygen atoms in total. The van der Waals surface area contributed by atoms with Gasteiger partial charge in [0, 0.05) is 12.7 Å². The van der Waals surface area contributed by atoms with E-state index in [2.05, 4.69) is 41.5 Å². The fourth-order valence-corrected chi connectivity index (χ4v) is 2.44. The topological polar surface area (TPSA) is 77.2 Å². The van der Waals surface area contributed by atoms with E-state index in [0.29, 0.717) is 18.7 Å². The molecule has 3 N–H and O–H groups in total. The van der Waals surface area contributed by atoms with E-state index in [1.165, 1.54) is 5.56 Å². The lowest BCUT2D eigenvalue weighted by Crippen LogP contribution is -2.24. The number of rotatable bonds is 6. The number of amides is 1. The molecule has 1 heterocycles. The summed E-state index contributed by atoms with van der Waals surface area (Å²) in [6.45, 7) is 2.99. The van der Waals surface area contributed by atoms with Gasteiger partial charge in [-0.05, 0) is 42.3 Å². The number of aryl methyl sites for hydroxylation is 1. The van der Waals surface area contributed by atoms with Crippen molar-refractivity contribution in [2.75, 3.05) is 5.73 Å². The normalized spacial score (nSPS) is 10.3. The van der Waals surface area contributed by atoms with E-state index in [1.807, 2.05) is 24.3 Å². The second kappa shape index (κ2) is 8.16. The molecule has 26 heavy (non-hydrogen) atoms. The van der Waals surface area contributed by atoms with E-state index in [9.17, 15) is 4.79 Å². The Morgan fingerprint density at radius 1 is 1.04 bits per heavy atom. The summed E-state index contributed by atoms with van der Waals surface area (Å²) in [6, 6.07) is 19.2. The molecule has 0 saturated carbocycles. The summed E-state index contributed by atoms with van der Waals surface area (Å²) in [4.78, 5) is 16.1. The molecule has 3 aromatic rings. The number of carbonyl (C=O) groups excluding carboxylic acids is 1. The number of nitrogens with zero attached hydrogens (tertiary/aromatic N) is 1. The first-order valence-corrected chi connectivity index (χ1v) is 8.38. The molecule has 0 radical (unpaired) electrons.